The molecule has 0 radical (unpaired) electrons. The van der Waals surface area contributed by atoms with E-state index in [-0.39, 0.29) is 11.1 Å². The molecule has 2 aromatic carbocycles. The summed E-state index contributed by atoms with van der Waals surface area (Å²) in [4.78, 5) is 37.7. The molecule has 0 aliphatic rings. The minimum absolute atomic E-state index is 0.158. The number of rotatable bonds is 5. The summed E-state index contributed by atoms with van der Waals surface area (Å²) in [5, 5.41) is 2.90. The van der Waals surface area contributed by atoms with Gasteiger partial charge >= 0.3 is 0 Å². The zero-order valence-corrected chi connectivity index (χ0v) is 18.0. The van der Waals surface area contributed by atoms with Crippen LogP contribution in [0.5, 0.6) is 5.75 Å². The van der Waals surface area contributed by atoms with Crippen molar-refractivity contribution in [3.63, 3.8) is 0 Å². The van der Waals surface area contributed by atoms with Crippen LogP contribution in [0.15, 0.2) is 74.7 Å². The van der Waals surface area contributed by atoms with Crippen molar-refractivity contribution in [3.8, 4) is 11.4 Å². The lowest BCUT2D eigenvalue weighted by molar-refractivity contribution is 0.414. The summed E-state index contributed by atoms with van der Waals surface area (Å²) in [5.74, 6) is 1.59. The van der Waals surface area contributed by atoms with E-state index in [4.69, 9.17) is 9.72 Å². The van der Waals surface area contributed by atoms with Gasteiger partial charge in [0.1, 0.15) is 16.3 Å². The molecule has 0 saturated heterocycles. The summed E-state index contributed by atoms with van der Waals surface area (Å²) in [6, 6.07) is 16.3. The number of nitrogens with zero attached hydrogens (tertiary/aromatic N) is 3. The first kappa shape index (κ1) is 19.5. The average Bonchev–Trinajstić information content (AvgIpc) is 3.27. The van der Waals surface area contributed by atoms with Crippen LogP contribution in [0.25, 0.3) is 26.8 Å². The predicted molar refractivity (Wildman–Crippen MR) is 124 cm³/mol. The standard InChI is InChI=1S/C22H16N4O3S2/c1-29-14-8-6-13(7-9-14)26-21(28)15-4-2-3-5-16(15)24-22(26)31-12-18-23-17-10-11-30-19(17)20(27)25-18/h2-11H,12H2,1H3,(H,23,25,27). The Morgan fingerprint density at radius 3 is 2.65 bits per heavy atom. The van der Waals surface area contributed by atoms with Gasteiger partial charge in [-0.2, -0.15) is 0 Å². The first-order valence-electron chi connectivity index (χ1n) is 9.39. The van der Waals surface area contributed by atoms with E-state index < -0.39 is 0 Å². The third kappa shape index (κ3) is 3.62. The summed E-state index contributed by atoms with van der Waals surface area (Å²) in [6.07, 6.45) is 0. The summed E-state index contributed by atoms with van der Waals surface area (Å²) in [7, 11) is 1.60. The molecule has 0 unspecified atom stereocenters. The van der Waals surface area contributed by atoms with Gasteiger partial charge in [0.05, 0.1) is 35.0 Å². The molecule has 7 nitrogen and oxygen atoms in total. The molecule has 0 bridgehead atoms. The van der Waals surface area contributed by atoms with Crippen LogP contribution >= 0.6 is 23.1 Å². The number of H-pyrrole nitrogens is 1. The number of nitrogens with one attached hydrogen (secondary N) is 1. The molecule has 31 heavy (non-hydrogen) atoms. The summed E-state index contributed by atoms with van der Waals surface area (Å²) in [6.45, 7) is 0. The lowest BCUT2D eigenvalue weighted by Crippen LogP contribution is -2.21. The van der Waals surface area contributed by atoms with Crippen molar-refractivity contribution < 1.29 is 4.74 Å². The normalized spacial score (nSPS) is 11.3. The van der Waals surface area contributed by atoms with Crippen molar-refractivity contribution in [1.29, 1.82) is 0 Å². The van der Waals surface area contributed by atoms with Crippen LogP contribution in [0.4, 0.5) is 0 Å². The molecule has 0 aliphatic heterocycles. The van der Waals surface area contributed by atoms with Gasteiger partial charge in [-0.1, -0.05) is 23.9 Å². The van der Waals surface area contributed by atoms with Crippen molar-refractivity contribution in [2.24, 2.45) is 0 Å². The number of para-hydroxylation sites is 1. The largest absolute Gasteiger partial charge is 0.497 e. The Hall–Kier alpha value is -3.43. The molecule has 9 heteroatoms. The zero-order valence-electron chi connectivity index (χ0n) is 16.4. The third-order valence-electron chi connectivity index (χ3n) is 4.78. The van der Waals surface area contributed by atoms with Gasteiger partial charge in [-0.3, -0.25) is 14.2 Å². The highest BCUT2D eigenvalue weighted by molar-refractivity contribution is 7.98. The minimum atomic E-state index is -0.159. The van der Waals surface area contributed by atoms with Crippen LogP contribution in [0.3, 0.4) is 0 Å². The van der Waals surface area contributed by atoms with Gasteiger partial charge in [0.2, 0.25) is 0 Å². The molecule has 1 N–H and O–H groups in total. The monoisotopic (exact) mass is 448 g/mol. The lowest BCUT2D eigenvalue weighted by atomic mass is 10.2. The van der Waals surface area contributed by atoms with Crippen molar-refractivity contribution >= 4 is 44.2 Å². The van der Waals surface area contributed by atoms with E-state index in [9.17, 15) is 9.59 Å². The Labute approximate surface area is 184 Å². The van der Waals surface area contributed by atoms with Gasteiger partial charge in [-0.15, -0.1) is 11.3 Å². The molecule has 5 rings (SSSR count). The number of hydrogen-bond acceptors (Lipinski definition) is 7. The molecule has 5 aromatic rings. The lowest BCUT2D eigenvalue weighted by Gasteiger charge is -2.13. The molecule has 0 fully saturated rings. The first-order valence-corrected chi connectivity index (χ1v) is 11.3. The van der Waals surface area contributed by atoms with Crippen LogP contribution in [0.1, 0.15) is 5.82 Å². The van der Waals surface area contributed by atoms with Crippen molar-refractivity contribution in [2.75, 3.05) is 7.11 Å². The highest BCUT2D eigenvalue weighted by Gasteiger charge is 2.15. The smallest absolute Gasteiger partial charge is 0.268 e. The Kier molecular flexibility index (Phi) is 5.05. The van der Waals surface area contributed by atoms with Gasteiger partial charge in [0.15, 0.2) is 5.16 Å². The van der Waals surface area contributed by atoms with E-state index in [0.29, 0.717) is 49.3 Å². The Morgan fingerprint density at radius 2 is 1.84 bits per heavy atom. The maximum Gasteiger partial charge on any atom is 0.268 e. The second-order valence-electron chi connectivity index (χ2n) is 6.69. The van der Waals surface area contributed by atoms with E-state index >= 15 is 0 Å². The van der Waals surface area contributed by atoms with Crippen LogP contribution in [-0.4, -0.2) is 26.6 Å². The number of ether oxygens (including phenoxy) is 1. The van der Waals surface area contributed by atoms with Gasteiger partial charge in [-0.05, 0) is 47.8 Å². The SMILES string of the molecule is COc1ccc(-n2c(SCc3nc4ccsc4c(=O)[nH]3)nc3ccccc3c2=O)cc1. The fourth-order valence-electron chi connectivity index (χ4n) is 3.29. The number of methoxy groups -OCH3 is 1. The summed E-state index contributed by atoms with van der Waals surface area (Å²) >= 11 is 2.71. The molecule has 3 heterocycles. The molecular weight excluding hydrogens is 432 g/mol. The van der Waals surface area contributed by atoms with Crippen molar-refractivity contribution in [3.05, 3.63) is 86.5 Å². The zero-order chi connectivity index (χ0) is 21.4. The number of aromatic nitrogens is 4. The van der Waals surface area contributed by atoms with Crippen LogP contribution < -0.4 is 15.9 Å². The minimum Gasteiger partial charge on any atom is -0.497 e. The molecule has 0 atom stereocenters. The van der Waals surface area contributed by atoms with Crippen molar-refractivity contribution in [2.45, 2.75) is 10.9 Å². The molecule has 0 spiro atoms. The topological polar surface area (TPSA) is 89.9 Å². The number of thioether (sulfide) groups is 1. The highest BCUT2D eigenvalue weighted by Crippen LogP contribution is 2.25. The molecular formula is C22H16N4O3S2. The van der Waals surface area contributed by atoms with Gasteiger partial charge in [0.25, 0.3) is 11.1 Å². The fourth-order valence-corrected chi connectivity index (χ4v) is 4.90. The van der Waals surface area contributed by atoms with E-state index in [1.54, 1.807) is 29.9 Å². The second-order valence-corrected chi connectivity index (χ2v) is 8.54. The van der Waals surface area contributed by atoms with Gasteiger partial charge < -0.3 is 9.72 Å². The maximum atomic E-state index is 13.3. The molecule has 0 aliphatic carbocycles. The average molecular weight is 449 g/mol. The van der Waals surface area contributed by atoms with E-state index in [1.807, 2.05) is 41.8 Å². The quantitative estimate of drug-likeness (QED) is 0.323. The highest BCUT2D eigenvalue weighted by atomic mass is 32.2. The Morgan fingerprint density at radius 1 is 1.03 bits per heavy atom. The first-order chi connectivity index (χ1) is 15.1. The number of thiophene rings is 1. The molecule has 0 amide bonds. The Balaban J connectivity index is 1.60. The molecule has 154 valence electrons. The van der Waals surface area contributed by atoms with E-state index in [0.717, 1.165) is 0 Å². The Bertz CT molecular complexity index is 1520. The molecule has 3 aromatic heterocycles. The van der Waals surface area contributed by atoms with E-state index in [1.165, 1.54) is 23.1 Å². The van der Waals surface area contributed by atoms with Crippen LogP contribution in [0, 0.1) is 0 Å². The van der Waals surface area contributed by atoms with Gasteiger partial charge in [0, 0.05) is 0 Å². The van der Waals surface area contributed by atoms with Gasteiger partial charge in [-0.25, -0.2) is 9.97 Å². The predicted octanol–water partition coefficient (Wildman–Crippen LogP) is 3.98. The van der Waals surface area contributed by atoms with Crippen molar-refractivity contribution in [1.82, 2.24) is 19.5 Å². The summed E-state index contributed by atoms with van der Waals surface area (Å²) < 4.78 is 7.41. The number of fused-ring (bicyclic) bond motifs is 2. The van der Waals surface area contributed by atoms with E-state index in [2.05, 4.69) is 9.97 Å². The second kappa shape index (κ2) is 8.01. The van der Waals surface area contributed by atoms with Crippen LogP contribution in [-0.2, 0) is 5.75 Å². The number of aromatic amines is 1. The third-order valence-corrected chi connectivity index (χ3v) is 6.63. The number of hydrogen-bond donors (Lipinski definition) is 1. The molecule has 0 saturated carbocycles. The summed E-state index contributed by atoms with van der Waals surface area (Å²) in [5.41, 5.74) is 1.65. The maximum absolute atomic E-state index is 13.3. The fraction of sp³-hybridized carbons (Fsp3) is 0.0909. The van der Waals surface area contributed by atoms with Crippen LogP contribution in [0.2, 0.25) is 0 Å². The number of benzene rings is 2.